The first-order valence-corrected chi connectivity index (χ1v) is 10.00. The first kappa shape index (κ1) is 18.6. The second-order valence-corrected chi connectivity index (χ2v) is 8.03. The average Bonchev–Trinajstić information content (AvgIpc) is 3.07. The molecule has 0 bridgehead atoms. The smallest absolute Gasteiger partial charge is 0.231 e. The van der Waals surface area contributed by atoms with Crippen LogP contribution in [0.5, 0.6) is 5.75 Å². The number of methoxy groups -OCH3 is 1. The normalized spacial score (nSPS) is 24.1. The lowest BCUT2D eigenvalue weighted by Gasteiger charge is -2.38. The van der Waals surface area contributed by atoms with Crippen molar-refractivity contribution in [3.63, 3.8) is 0 Å². The fraction of sp³-hybridized carbons (Fsp3) is 0.273. The highest BCUT2D eigenvalue weighted by Crippen LogP contribution is 2.51. The average molecular weight is 392 g/mol. The zero-order valence-electron chi connectivity index (χ0n) is 15.7. The topological polar surface area (TPSA) is 73.6 Å². The van der Waals surface area contributed by atoms with Crippen molar-refractivity contribution in [3.05, 3.63) is 75.8 Å². The summed E-state index contributed by atoms with van der Waals surface area (Å²) in [5.74, 6) is 0.533. The maximum absolute atomic E-state index is 13.1. The van der Waals surface area contributed by atoms with Gasteiger partial charge in [0.15, 0.2) is 5.72 Å². The lowest BCUT2D eigenvalue weighted by atomic mass is 9.85. The van der Waals surface area contributed by atoms with Crippen molar-refractivity contribution in [3.8, 4) is 11.8 Å². The Labute approximate surface area is 168 Å². The van der Waals surface area contributed by atoms with E-state index in [0.717, 1.165) is 16.9 Å². The monoisotopic (exact) mass is 392 g/mol. The van der Waals surface area contributed by atoms with Gasteiger partial charge in [0.05, 0.1) is 29.5 Å². The molecule has 4 rings (SSSR count). The standard InChI is InChI=1S/C22H20N2O3S/c1-14-3-7-16(8-4-14)22(26)13-28-21-19(12-23)18(11-20(25)24(21)22)15-5-9-17(27-2)10-6-15/h3-10,18,26H,11,13H2,1-2H3/t18-,22-/m1/s1. The van der Waals surface area contributed by atoms with Crippen LogP contribution in [0.4, 0.5) is 0 Å². The lowest BCUT2D eigenvalue weighted by Crippen LogP contribution is -2.48. The van der Waals surface area contributed by atoms with Crippen molar-refractivity contribution in [2.45, 2.75) is 25.0 Å². The van der Waals surface area contributed by atoms with Gasteiger partial charge >= 0.3 is 0 Å². The lowest BCUT2D eigenvalue weighted by molar-refractivity contribution is -0.149. The van der Waals surface area contributed by atoms with Gasteiger partial charge in [-0.3, -0.25) is 9.69 Å². The zero-order valence-corrected chi connectivity index (χ0v) is 16.5. The van der Waals surface area contributed by atoms with Gasteiger partial charge in [-0.05, 0) is 24.6 Å². The van der Waals surface area contributed by atoms with Crippen LogP contribution in [-0.4, -0.2) is 28.8 Å². The van der Waals surface area contributed by atoms with Gasteiger partial charge in [0, 0.05) is 17.9 Å². The second kappa shape index (κ2) is 7.01. The summed E-state index contributed by atoms with van der Waals surface area (Å²) in [5, 5.41) is 21.8. The summed E-state index contributed by atoms with van der Waals surface area (Å²) in [6.45, 7) is 1.97. The van der Waals surface area contributed by atoms with E-state index in [1.165, 1.54) is 16.7 Å². The Morgan fingerprint density at radius 3 is 2.50 bits per heavy atom. The van der Waals surface area contributed by atoms with Crippen LogP contribution in [0.2, 0.25) is 0 Å². The third-order valence-electron chi connectivity index (χ3n) is 5.34. The number of nitrogens with zero attached hydrogens (tertiary/aromatic N) is 2. The summed E-state index contributed by atoms with van der Waals surface area (Å²) >= 11 is 1.36. The first-order valence-electron chi connectivity index (χ1n) is 9.01. The molecule has 0 aliphatic carbocycles. The van der Waals surface area contributed by atoms with Crippen LogP contribution in [0, 0.1) is 18.3 Å². The van der Waals surface area contributed by atoms with E-state index in [-0.39, 0.29) is 18.2 Å². The molecule has 1 saturated heterocycles. The third-order valence-corrected chi connectivity index (χ3v) is 6.57. The number of thioether (sulfide) groups is 1. The molecular weight excluding hydrogens is 372 g/mol. The molecule has 2 atom stereocenters. The number of fused-ring (bicyclic) bond motifs is 1. The Kier molecular flexibility index (Phi) is 4.66. The summed E-state index contributed by atoms with van der Waals surface area (Å²) in [6.07, 6.45) is 0.146. The number of aryl methyl sites for hydroxylation is 1. The largest absolute Gasteiger partial charge is 0.497 e. The highest BCUT2D eigenvalue weighted by molar-refractivity contribution is 8.03. The van der Waals surface area contributed by atoms with Gasteiger partial charge in [-0.2, -0.15) is 5.26 Å². The minimum atomic E-state index is -1.43. The number of carbonyl (C=O) groups excluding carboxylic acids is 1. The highest BCUT2D eigenvalue weighted by atomic mass is 32.2. The predicted molar refractivity (Wildman–Crippen MR) is 107 cm³/mol. The molecule has 6 heteroatoms. The summed E-state index contributed by atoms with van der Waals surface area (Å²) in [5.41, 5.74) is 1.73. The van der Waals surface area contributed by atoms with Crippen molar-refractivity contribution in [1.82, 2.24) is 4.90 Å². The molecule has 0 saturated carbocycles. The molecule has 0 aromatic heterocycles. The fourth-order valence-corrected chi connectivity index (χ4v) is 5.14. The minimum absolute atomic E-state index is 0.146. The predicted octanol–water partition coefficient (Wildman–Crippen LogP) is 3.65. The van der Waals surface area contributed by atoms with Crippen LogP contribution in [0.1, 0.15) is 29.0 Å². The van der Waals surface area contributed by atoms with Gasteiger partial charge < -0.3 is 9.84 Å². The molecule has 2 aliphatic rings. The number of nitriles is 1. The van der Waals surface area contributed by atoms with Crippen LogP contribution in [0.15, 0.2) is 59.1 Å². The van der Waals surface area contributed by atoms with Gasteiger partial charge in [-0.25, -0.2) is 0 Å². The van der Waals surface area contributed by atoms with Crippen molar-refractivity contribution < 1.29 is 14.6 Å². The van der Waals surface area contributed by atoms with E-state index in [1.807, 2.05) is 55.5 Å². The molecule has 1 N–H and O–H groups in total. The van der Waals surface area contributed by atoms with Crippen LogP contribution in [0.25, 0.3) is 0 Å². The molecule has 2 aliphatic heterocycles. The van der Waals surface area contributed by atoms with Gasteiger partial charge in [0.2, 0.25) is 5.91 Å². The van der Waals surface area contributed by atoms with Gasteiger partial charge in [0.1, 0.15) is 5.75 Å². The fourth-order valence-electron chi connectivity index (χ4n) is 3.78. The number of benzene rings is 2. The Bertz CT molecular complexity index is 992. The summed E-state index contributed by atoms with van der Waals surface area (Å²) in [6, 6.07) is 17.2. The number of amides is 1. The van der Waals surface area contributed by atoms with E-state index in [2.05, 4.69) is 6.07 Å². The number of aliphatic hydroxyl groups is 1. The number of rotatable bonds is 3. The van der Waals surface area contributed by atoms with Crippen molar-refractivity contribution in [1.29, 1.82) is 5.26 Å². The minimum Gasteiger partial charge on any atom is -0.497 e. The Morgan fingerprint density at radius 1 is 1.21 bits per heavy atom. The molecule has 2 heterocycles. The molecule has 1 amide bonds. The van der Waals surface area contributed by atoms with Crippen molar-refractivity contribution >= 4 is 17.7 Å². The summed E-state index contributed by atoms with van der Waals surface area (Å²) < 4.78 is 5.20. The van der Waals surface area contributed by atoms with Crippen molar-refractivity contribution in [2.24, 2.45) is 0 Å². The Balaban J connectivity index is 1.77. The number of allylic oxidation sites excluding steroid dienone is 1. The van der Waals surface area contributed by atoms with Gasteiger partial charge in [-0.15, -0.1) is 11.8 Å². The van der Waals surface area contributed by atoms with E-state index in [1.54, 1.807) is 7.11 Å². The molecule has 0 spiro atoms. The van der Waals surface area contributed by atoms with E-state index in [9.17, 15) is 15.2 Å². The molecule has 2 aromatic rings. The van der Waals surface area contributed by atoms with Crippen LogP contribution < -0.4 is 4.74 Å². The van der Waals surface area contributed by atoms with Crippen LogP contribution in [-0.2, 0) is 10.5 Å². The maximum atomic E-state index is 13.1. The molecule has 1 fully saturated rings. The number of hydrogen-bond acceptors (Lipinski definition) is 5. The molecule has 28 heavy (non-hydrogen) atoms. The SMILES string of the molecule is COc1ccc([C@H]2CC(=O)N3C(=C2C#N)SC[C@@]3(O)c2ccc(C)cc2)cc1. The molecule has 142 valence electrons. The zero-order chi connectivity index (χ0) is 19.9. The molecule has 0 radical (unpaired) electrons. The Morgan fingerprint density at radius 2 is 1.89 bits per heavy atom. The summed E-state index contributed by atoms with van der Waals surface area (Å²) in [4.78, 5) is 14.5. The van der Waals surface area contributed by atoms with Gasteiger partial charge in [-0.1, -0.05) is 42.0 Å². The molecule has 0 unspecified atom stereocenters. The third kappa shape index (κ3) is 2.88. The van der Waals surface area contributed by atoms with Gasteiger partial charge in [0.25, 0.3) is 0 Å². The second-order valence-electron chi connectivity index (χ2n) is 7.06. The molecule has 5 nitrogen and oxygen atoms in total. The van der Waals surface area contributed by atoms with Crippen LogP contribution in [0.3, 0.4) is 0 Å². The van der Waals surface area contributed by atoms with E-state index in [0.29, 0.717) is 21.9 Å². The highest BCUT2D eigenvalue weighted by Gasteiger charge is 2.51. The Hall–Kier alpha value is -2.75. The molecular formula is C22H20N2O3S. The number of ether oxygens (including phenoxy) is 1. The molecule has 2 aromatic carbocycles. The van der Waals surface area contributed by atoms with Crippen molar-refractivity contribution in [2.75, 3.05) is 12.9 Å². The quantitative estimate of drug-likeness (QED) is 0.863. The van der Waals surface area contributed by atoms with E-state index in [4.69, 9.17) is 4.74 Å². The first-order chi connectivity index (χ1) is 13.5. The number of hydrogen-bond donors (Lipinski definition) is 1. The van der Waals surface area contributed by atoms with E-state index < -0.39 is 5.72 Å². The summed E-state index contributed by atoms with van der Waals surface area (Å²) in [7, 11) is 1.60. The van der Waals surface area contributed by atoms with E-state index >= 15 is 0 Å². The maximum Gasteiger partial charge on any atom is 0.231 e. The number of carbonyl (C=O) groups is 1. The van der Waals surface area contributed by atoms with Crippen LogP contribution >= 0.6 is 11.8 Å².